The van der Waals surface area contributed by atoms with Crippen LogP contribution in [0.4, 0.5) is 0 Å². The van der Waals surface area contributed by atoms with Gasteiger partial charge in [0.05, 0.1) is 6.54 Å². The molecule has 0 unspecified atom stereocenters. The molecular weight excluding hydrogens is 386 g/mol. The number of nitrogens with one attached hydrogen (secondary N) is 1. The predicted octanol–water partition coefficient (Wildman–Crippen LogP) is 3.73. The fourth-order valence-corrected chi connectivity index (χ4v) is 4.59. The summed E-state index contributed by atoms with van der Waals surface area (Å²) in [6.45, 7) is 9.09. The number of carbonyl (C=O) groups excluding carboxylic acids is 1. The van der Waals surface area contributed by atoms with Gasteiger partial charge in [-0.2, -0.15) is 5.10 Å². The van der Waals surface area contributed by atoms with Crippen molar-refractivity contribution in [2.24, 2.45) is 11.8 Å². The molecule has 2 atom stereocenters. The van der Waals surface area contributed by atoms with E-state index in [2.05, 4.69) is 52.3 Å². The highest BCUT2D eigenvalue weighted by molar-refractivity contribution is 5.94. The molecule has 0 saturated carbocycles. The molecule has 4 rings (SSSR count). The molecule has 1 aliphatic heterocycles. The number of nitrogens with zero attached hydrogens (tertiary/aromatic N) is 4. The number of likely N-dealkylation sites (tertiary alicyclic amines) is 1. The summed E-state index contributed by atoms with van der Waals surface area (Å²) < 4.78 is 1.76. The highest BCUT2D eigenvalue weighted by atomic mass is 16.1. The third-order valence-electron chi connectivity index (χ3n) is 5.92. The van der Waals surface area contributed by atoms with E-state index >= 15 is 0 Å². The topological polar surface area (TPSA) is 63.1 Å². The van der Waals surface area contributed by atoms with E-state index in [-0.39, 0.29) is 5.91 Å². The van der Waals surface area contributed by atoms with E-state index in [1.165, 1.54) is 23.9 Å². The molecule has 6 nitrogen and oxygen atoms in total. The van der Waals surface area contributed by atoms with Crippen molar-refractivity contribution in [3.05, 3.63) is 83.4 Å². The molecule has 1 aromatic heterocycles. The first kappa shape index (κ1) is 21.2. The number of amides is 1. The molecule has 162 valence electrons. The lowest BCUT2D eigenvalue weighted by Gasteiger charge is -2.35. The zero-order valence-corrected chi connectivity index (χ0v) is 18.4. The molecule has 31 heavy (non-hydrogen) atoms. The van der Waals surface area contributed by atoms with Crippen LogP contribution in [0.15, 0.2) is 61.2 Å². The van der Waals surface area contributed by atoms with Crippen LogP contribution in [0.3, 0.4) is 0 Å². The SMILES string of the molecule is C[C@@H]1C[C@@H](C)CN(Cc2ccccc2CNC(=O)c2ccc(Cn3cncn3)cc2)C1. The van der Waals surface area contributed by atoms with Crippen molar-refractivity contribution in [3.8, 4) is 0 Å². The Morgan fingerprint density at radius 2 is 1.71 bits per heavy atom. The van der Waals surface area contributed by atoms with Crippen LogP contribution in [0.1, 0.15) is 47.3 Å². The van der Waals surface area contributed by atoms with Gasteiger partial charge < -0.3 is 5.32 Å². The van der Waals surface area contributed by atoms with E-state index in [0.29, 0.717) is 18.7 Å². The van der Waals surface area contributed by atoms with Gasteiger partial charge in [0.25, 0.3) is 5.91 Å². The summed E-state index contributed by atoms with van der Waals surface area (Å²) in [6.07, 6.45) is 4.52. The molecule has 2 aromatic carbocycles. The van der Waals surface area contributed by atoms with Crippen molar-refractivity contribution in [2.45, 2.75) is 39.9 Å². The molecular formula is C25H31N5O. The Bertz CT molecular complexity index is 973. The number of hydrogen-bond donors (Lipinski definition) is 1. The van der Waals surface area contributed by atoms with E-state index in [0.717, 1.165) is 37.0 Å². The van der Waals surface area contributed by atoms with Crippen molar-refractivity contribution in [1.82, 2.24) is 25.0 Å². The van der Waals surface area contributed by atoms with Crippen molar-refractivity contribution in [2.75, 3.05) is 13.1 Å². The highest BCUT2D eigenvalue weighted by Gasteiger charge is 2.22. The van der Waals surface area contributed by atoms with Crippen LogP contribution in [0.5, 0.6) is 0 Å². The Hall–Kier alpha value is -2.99. The van der Waals surface area contributed by atoms with Crippen molar-refractivity contribution in [1.29, 1.82) is 0 Å². The standard InChI is InChI=1S/C25H31N5O/c1-19-11-20(2)14-29(13-19)16-24-6-4-3-5-23(24)12-27-25(31)22-9-7-21(8-10-22)15-30-18-26-17-28-30/h3-10,17-20H,11-16H2,1-2H3,(H,27,31)/t19-,20-/m1/s1. The van der Waals surface area contributed by atoms with E-state index in [9.17, 15) is 4.79 Å². The minimum Gasteiger partial charge on any atom is -0.348 e. The van der Waals surface area contributed by atoms with Gasteiger partial charge in [0.15, 0.2) is 0 Å². The van der Waals surface area contributed by atoms with Crippen LogP contribution in [-0.4, -0.2) is 38.7 Å². The summed E-state index contributed by atoms with van der Waals surface area (Å²) in [5.74, 6) is 1.42. The smallest absolute Gasteiger partial charge is 0.251 e. The normalized spacial score (nSPS) is 19.3. The van der Waals surface area contributed by atoms with Crippen LogP contribution in [0, 0.1) is 11.8 Å². The summed E-state index contributed by atoms with van der Waals surface area (Å²) in [4.78, 5) is 19.2. The third kappa shape index (κ3) is 5.79. The second-order valence-corrected chi connectivity index (χ2v) is 8.88. The molecule has 6 heteroatoms. The number of hydrogen-bond acceptors (Lipinski definition) is 4. The number of rotatable bonds is 7. The Morgan fingerprint density at radius 1 is 1.00 bits per heavy atom. The van der Waals surface area contributed by atoms with Crippen molar-refractivity contribution >= 4 is 5.91 Å². The molecule has 0 bridgehead atoms. The number of carbonyl (C=O) groups is 1. The van der Waals surface area contributed by atoms with Crippen LogP contribution in [-0.2, 0) is 19.6 Å². The van der Waals surface area contributed by atoms with Gasteiger partial charge in [-0.25, -0.2) is 9.67 Å². The number of benzene rings is 2. The van der Waals surface area contributed by atoms with Crippen LogP contribution in [0.2, 0.25) is 0 Å². The molecule has 1 saturated heterocycles. The molecule has 1 fully saturated rings. The Kier molecular flexibility index (Phi) is 6.77. The largest absolute Gasteiger partial charge is 0.348 e. The van der Waals surface area contributed by atoms with Gasteiger partial charge in [0.1, 0.15) is 12.7 Å². The lowest BCUT2D eigenvalue weighted by molar-refractivity contribution is 0.0950. The molecule has 0 aliphatic carbocycles. The zero-order valence-electron chi connectivity index (χ0n) is 18.4. The van der Waals surface area contributed by atoms with E-state index < -0.39 is 0 Å². The molecule has 1 aliphatic rings. The van der Waals surface area contributed by atoms with Gasteiger partial charge in [-0.1, -0.05) is 50.2 Å². The monoisotopic (exact) mass is 417 g/mol. The first-order chi connectivity index (χ1) is 15.1. The third-order valence-corrected chi connectivity index (χ3v) is 5.92. The van der Waals surface area contributed by atoms with E-state index in [4.69, 9.17) is 0 Å². The Labute approximate surface area is 184 Å². The minimum absolute atomic E-state index is 0.0534. The first-order valence-electron chi connectivity index (χ1n) is 11.1. The second-order valence-electron chi connectivity index (χ2n) is 8.88. The van der Waals surface area contributed by atoms with Crippen LogP contribution in [0.25, 0.3) is 0 Å². The van der Waals surface area contributed by atoms with Gasteiger partial charge in [0.2, 0.25) is 0 Å². The summed E-state index contributed by atoms with van der Waals surface area (Å²) in [7, 11) is 0. The maximum absolute atomic E-state index is 12.7. The predicted molar refractivity (Wildman–Crippen MR) is 121 cm³/mol. The number of aromatic nitrogens is 3. The molecule has 0 radical (unpaired) electrons. The molecule has 0 spiro atoms. The molecule has 1 amide bonds. The first-order valence-corrected chi connectivity index (χ1v) is 11.1. The van der Waals surface area contributed by atoms with Gasteiger partial charge >= 0.3 is 0 Å². The molecule has 1 N–H and O–H groups in total. The second kappa shape index (κ2) is 9.88. The van der Waals surface area contributed by atoms with Crippen molar-refractivity contribution in [3.63, 3.8) is 0 Å². The van der Waals surface area contributed by atoms with Gasteiger partial charge in [-0.05, 0) is 47.1 Å². The molecule has 3 aromatic rings. The average molecular weight is 418 g/mol. The van der Waals surface area contributed by atoms with Crippen LogP contribution < -0.4 is 5.32 Å². The maximum atomic E-state index is 12.7. The minimum atomic E-state index is -0.0534. The fraction of sp³-hybridized carbons (Fsp3) is 0.400. The van der Waals surface area contributed by atoms with E-state index in [1.54, 1.807) is 11.0 Å². The Balaban J connectivity index is 1.35. The van der Waals surface area contributed by atoms with Crippen LogP contribution >= 0.6 is 0 Å². The average Bonchev–Trinajstić information content (AvgIpc) is 3.26. The van der Waals surface area contributed by atoms with Gasteiger partial charge in [0, 0.05) is 31.7 Å². The quantitative estimate of drug-likeness (QED) is 0.636. The number of piperidine rings is 1. The van der Waals surface area contributed by atoms with E-state index in [1.807, 2.05) is 30.3 Å². The summed E-state index contributed by atoms with van der Waals surface area (Å²) in [5.41, 5.74) is 4.23. The van der Waals surface area contributed by atoms with Gasteiger partial charge in [-0.15, -0.1) is 0 Å². The lowest BCUT2D eigenvalue weighted by atomic mass is 9.91. The summed E-state index contributed by atoms with van der Waals surface area (Å²) in [5, 5.41) is 7.20. The lowest BCUT2D eigenvalue weighted by Crippen LogP contribution is -2.38. The van der Waals surface area contributed by atoms with Crippen molar-refractivity contribution < 1.29 is 4.79 Å². The Morgan fingerprint density at radius 3 is 2.39 bits per heavy atom. The zero-order chi connectivity index (χ0) is 21.6. The molecule has 2 heterocycles. The fourth-order valence-electron chi connectivity index (χ4n) is 4.59. The summed E-state index contributed by atoms with van der Waals surface area (Å²) in [6, 6.07) is 16.1. The van der Waals surface area contributed by atoms with Gasteiger partial charge in [-0.3, -0.25) is 9.69 Å². The highest BCUT2D eigenvalue weighted by Crippen LogP contribution is 2.23. The maximum Gasteiger partial charge on any atom is 0.251 e. The summed E-state index contributed by atoms with van der Waals surface area (Å²) >= 11 is 0.